The Labute approximate surface area is 65.5 Å². The van der Waals surface area contributed by atoms with E-state index < -0.39 is 5.97 Å². The van der Waals surface area contributed by atoms with Crippen molar-refractivity contribution >= 4 is 5.97 Å². The first kappa shape index (κ1) is 10.4. The molecule has 0 aliphatic carbocycles. The molecule has 0 aromatic rings. The summed E-state index contributed by atoms with van der Waals surface area (Å²) >= 11 is 0. The molecule has 0 radical (unpaired) electrons. The lowest BCUT2D eigenvalue weighted by atomic mass is 10.0. The van der Waals surface area contributed by atoms with Crippen molar-refractivity contribution in [3.8, 4) is 0 Å². The van der Waals surface area contributed by atoms with Crippen LogP contribution in [-0.2, 0) is 4.79 Å². The van der Waals surface area contributed by atoms with E-state index in [1.807, 2.05) is 0 Å². The molecule has 66 valence electrons. The van der Waals surface area contributed by atoms with Gasteiger partial charge in [-0.2, -0.15) is 0 Å². The fraction of sp³-hybridized carbons (Fsp3) is 0.857. The van der Waals surface area contributed by atoms with Gasteiger partial charge >= 0.3 is 5.97 Å². The van der Waals surface area contributed by atoms with Crippen LogP contribution in [0.3, 0.4) is 0 Å². The molecule has 0 aromatic carbocycles. The molecular formula is C7H14O4. The summed E-state index contributed by atoms with van der Waals surface area (Å²) < 4.78 is 0. The molecule has 3 N–H and O–H groups in total. The Balaban J connectivity index is 3.28. The van der Waals surface area contributed by atoms with Crippen LogP contribution in [0.15, 0.2) is 0 Å². The first-order valence-electron chi connectivity index (χ1n) is 3.64. The third kappa shape index (κ3) is 5.82. The van der Waals surface area contributed by atoms with Crippen molar-refractivity contribution in [2.45, 2.75) is 19.3 Å². The van der Waals surface area contributed by atoms with Crippen LogP contribution in [0.1, 0.15) is 19.3 Å². The molecule has 0 spiro atoms. The average Bonchev–Trinajstić information content (AvgIpc) is 1.98. The summed E-state index contributed by atoms with van der Waals surface area (Å²) in [6.45, 7) is -0.147. The Hall–Kier alpha value is -0.610. The van der Waals surface area contributed by atoms with E-state index in [2.05, 4.69) is 0 Å². The Morgan fingerprint density at radius 3 is 2.18 bits per heavy atom. The number of aliphatic hydroxyl groups is 2. The van der Waals surface area contributed by atoms with Crippen LogP contribution >= 0.6 is 0 Å². The molecule has 0 fully saturated rings. The monoisotopic (exact) mass is 162 g/mol. The summed E-state index contributed by atoms with van der Waals surface area (Å²) in [6.07, 6.45) is 1.19. The van der Waals surface area contributed by atoms with Crippen molar-refractivity contribution in [1.82, 2.24) is 0 Å². The summed E-state index contributed by atoms with van der Waals surface area (Å²) in [5.74, 6) is -0.992. The van der Waals surface area contributed by atoms with Crippen LogP contribution in [0.4, 0.5) is 0 Å². The first-order chi connectivity index (χ1) is 5.20. The zero-order valence-electron chi connectivity index (χ0n) is 6.36. The van der Waals surface area contributed by atoms with Crippen molar-refractivity contribution in [1.29, 1.82) is 0 Å². The van der Waals surface area contributed by atoms with Gasteiger partial charge in [0.1, 0.15) is 0 Å². The highest BCUT2D eigenvalue weighted by molar-refractivity contribution is 5.66. The van der Waals surface area contributed by atoms with Crippen molar-refractivity contribution in [2.75, 3.05) is 13.2 Å². The maximum absolute atomic E-state index is 10.0. The fourth-order valence-electron chi connectivity index (χ4n) is 0.782. The lowest BCUT2D eigenvalue weighted by Crippen LogP contribution is -2.11. The Morgan fingerprint density at radius 1 is 1.27 bits per heavy atom. The van der Waals surface area contributed by atoms with Gasteiger partial charge in [0, 0.05) is 25.6 Å². The van der Waals surface area contributed by atoms with Gasteiger partial charge in [-0.25, -0.2) is 0 Å². The molecule has 0 unspecified atom stereocenters. The highest BCUT2D eigenvalue weighted by Gasteiger charge is 2.06. The summed E-state index contributed by atoms with van der Waals surface area (Å²) in [4.78, 5) is 10.0. The van der Waals surface area contributed by atoms with Gasteiger partial charge in [-0.05, 0) is 12.8 Å². The third-order valence-corrected chi connectivity index (χ3v) is 1.52. The van der Waals surface area contributed by atoms with Crippen molar-refractivity contribution in [3.05, 3.63) is 0 Å². The van der Waals surface area contributed by atoms with Gasteiger partial charge in [-0.1, -0.05) is 0 Å². The number of hydrogen-bond acceptors (Lipinski definition) is 3. The van der Waals surface area contributed by atoms with E-state index in [1.165, 1.54) is 0 Å². The summed E-state index contributed by atoms with van der Waals surface area (Å²) in [7, 11) is 0. The standard InChI is InChI=1S/C7H14O4/c8-4-6(5-9)2-1-3-7(10)11/h6,8-9H,1-5H2,(H,10,11). The number of carboxylic acid groups (broad SMARTS) is 1. The van der Waals surface area contributed by atoms with Gasteiger partial charge in [-0.15, -0.1) is 0 Å². The van der Waals surface area contributed by atoms with Crippen LogP contribution in [0.25, 0.3) is 0 Å². The van der Waals surface area contributed by atoms with E-state index in [0.29, 0.717) is 12.8 Å². The van der Waals surface area contributed by atoms with Crippen LogP contribution in [0, 0.1) is 5.92 Å². The molecule has 0 rings (SSSR count). The van der Waals surface area contributed by atoms with E-state index >= 15 is 0 Å². The molecule has 0 bridgehead atoms. The molecule has 0 aliphatic rings. The molecular weight excluding hydrogens is 148 g/mol. The molecule has 0 saturated heterocycles. The number of carboxylic acids is 1. The third-order valence-electron chi connectivity index (χ3n) is 1.52. The van der Waals surface area contributed by atoms with Crippen LogP contribution < -0.4 is 0 Å². The molecule has 0 amide bonds. The summed E-state index contributed by atoms with van der Waals surface area (Å²) in [5, 5.41) is 25.4. The zero-order valence-corrected chi connectivity index (χ0v) is 6.36. The van der Waals surface area contributed by atoms with Crippen molar-refractivity contribution in [3.63, 3.8) is 0 Å². The fourth-order valence-corrected chi connectivity index (χ4v) is 0.782. The summed E-state index contributed by atoms with van der Waals surface area (Å²) in [5.41, 5.74) is 0. The van der Waals surface area contributed by atoms with Crippen LogP contribution in [0.2, 0.25) is 0 Å². The van der Waals surface area contributed by atoms with Crippen LogP contribution in [-0.4, -0.2) is 34.5 Å². The number of aliphatic carboxylic acids is 1. The minimum Gasteiger partial charge on any atom is -0.481 e. The molecule has 0 aliphatic heterocycles. The van der Waals surface area contributed by atoms with E-state index in [-0.39, 0.29) is 25.6 Å². The molecule has 4 nitrogen and oxygen atoms in total. The van der Waals surface area contributed by atoms with E-state index in [4.69, 9.17) is 15.3 Å². The van der Waals surface area contributed by atoms with Gasteiger partial charge in [0.05, 0.1) is 0 Å². The topological polar surface area (TPSA) is 77.8 Å². The van der Waals surface area contributed by atoms with Gasteiger partial charge < -0.3 is 15.3 Å². The maximum atomic E-state index is 10.0. The second kappa shape index (κ2) is 6.12. The SMILES string of the molecule is O=C(O)CCCC(CO)CO. The molecule has 0 saturated carbocycles. The van der Waals surface area contributed by atoms with Crippen molar-refractivity contribution in [2.24, 2.45) is 5.92 Å². The first-order valence-corrected chi connectivity index (χ1v) is 3.64. The highest BCUT2D eigenvalue weighted by Crippen LogP contribution is 2.06. The Kier molecular flexibility index (Phi) is 5.78. The number of hydrogen-bond donors (Lipinski definition) is 3. The van der Waals surface area contributed by atoms with E-state index in [0.717, 1.165) is 0 Å². The quantitative estimate of drug-likeness (QED) is 0.507. The second-order valence-electron chi connectivity index (χ2n) is 2.52. The van der Waals surface area contributed by atoms with E-state index in [9.17, 15) is 4.79 Å². The molecule has 0 atom stereocenters. The zero-order chi connectivity index (χ0) is 8.69. The lowest BCUT2D eigenvalue weighted by molar-refractivity contribution is -0.137. The molecule has 0 heterocycles. The Morgan fingerprint density at radius 2 is 1.82 bits per heavy atom. The van der Waals surface area contributed by atoms with E-state index in [1.54, 1.807) is 0 Å². The van der Waals surface area contributed by atoms with Gasteiger partial charge in [-0.3, -0.25) is 4.79 Å². The average molecular weight is 162 g/mol. The number of rotatable bonds is 6. The predicted molar refractivity (Wildman–Crippen MR) is 39.1 cm³/mol. The van der Waals surface area contributed by atoms with Gasteiger partial charge in [0.25, 0.3) is 0 Å². The number of carbonyl (C=O) groups is 1. The molecule has 4 heteroatoms. The minimum absolute atomic E-state index is 0.0733. The maximum Gasteiger partial charge on any atom is 0.303 e. The highest BCUT2D eigenvalue weighted by atomic mass is 16.4. The Bertz CT molecular complexity index is 109. The largest absolute Gasteiger partial charge is 0.481 e. The van der Waals surface area contributed by atoms with Gasteiger partial charge in [0.15, 0.2) is 0 Å². The van der Waals surface area contributed by atoms with Crippen LogP contribution in [0.5, 0.6) is 0 Å². The molecule has 0 aromatic heterocycles. The lowest BCUT2D eigenvalue weighted by Gasteiger charge is -2.08. The number of aliphatic hydroxyl groups excluding tert-OH is 2. The minimum atomic E-state index is -0.834. The van der Waals surface area contributed by atoms with Crippen molar-refractivity contribution < 1.29 is 20.1 Å². The molecule has 11 heavy (non-hydrogen) atoms. The van der Waals surface area contributed by atoms with Gasteiger partial charge in [0.2, 0.25) is 0 Å². The smallest absolute Gasteiger partial charge is 0.303 e. The normalized spacial score (nSPS) is 10.5. The second-order valence-corrected chi connectivity index (χ2v) is 2.52. The predicted octanol–water partition coefficient (Wildman–Crippen LogP) is -0.158. The summed E-state index contributed by atoms with van der Waals surface area (Å²) in [6, 6.07) is 0.